The molecule has 10 nitrogen and oxygen atoms in total. The van der Waals surface area contributed by atoms with Crippen LogP contribution in [-0.4, -0.2) is 41.6 Å². The summed E-state index contributed by atoms with van der Waals surface area (Å²) in [6.45, 7) is 3.69. The lowest BCUT2D eigenvalue weighted by Gasteiger charge is -2.19. The number of carbonyl (C=O) groups is 2. The fourth-order valence-corrected chi connectivity index (χ4v) is 2.88. The number of benzene rings is 1. The van der Waals surface area contributed by atoms with Gasteiger partial charge < -0.3 is 31.0 Å². The Morgan fingerprint density at radius 2 is 2.03 bits per heavy atom. The normalized spacial score (nSPS) is 12.7. The maximum Gasteiger partial charge on any atom is 0.336 e. The summed E-state index contributed by atoms with van der Waals surface area (Å²) in [5.41, 5.74) is 11.2. The molecule has 0 radical (unpaired) electrons. The number of fused-ring (bicyclic) bond motifs is 1. The van der Waals surface area contributed by atoms with Gasteiger partial charge in [-0.15, -0.1) is 0 Å². The monoisotopic (exact) mass is 418 g/mol. The van der Waals surface area contributed by atoms with Gasteiger partial charge in [-0.25, -0.2) is 9.59 Å². The second-order valence-corrected chi connectivity index (χ2v) is 6.71. The summed E-state index contributed by atoms with van der Waals surface area (Å²) in [6.07, 6.45) is 0.239. The van der Waals surface area contributed by atoms with Gasteiger partial charge in [-0.2, -0.15) is 0 Å². The van der Waals surface area contributed by atoms with E-state index in [2.05, 4.69) is 10.3 Å². The van der Waals surface area contributed by atoms with Gasteiger partial charge in [-0.1, -0.05) is 6.92 Å². The molecular formula is C20H26N4O6. The zero-order valence-electron chi connectivity index (χ0n) is 16.9. The van der Waals surface area contributed by atoms with Crippen LogP contribution in [0.5, 0.6) is 5.75 Å². The quantitative estimate of drug-likeness (QED) is 0.189. The summed E-state index contributed by atoms with van der Waals surface area (Å²) < 4.78 is 10.8. The Morgan fingerprint density at radius 1 is 1.30 bits per heavy atom. The first-order chi connectivity index (χ1) is 14.2. The predicted molar refractivity (Wildman–Crippen MR) is 111 cm³/mol. The van der Waals surface area contributed by atoms with Crippen molar-refractivity contribution in [1.82, 2.24) is 5.32 Å². The van der Waals surface area contributed by atoms with Crippen molar-refractivity contribution >= 4 is 28.8 Å². The molecule has 0 aliphatic carbocycles. The molecule has 0 saturated heterocycles. The molecule has 2 aromatic rings. The number of ether oxygens (including phenoxy) is 1. The highest BCUT2D eigenvalue weighted by Gasteiger charge is 2.23. The average Bonchev–Trinajstić information content (AvgIpc) is 2.68. The molecular weight excluding hydrogens is 392 g/mol. The van der Waals surface area contributed by atoms with Gasteiger partial charge in [0.15, 0.2) is 12.1 Å². The number of aliphatic imine (C=N–C) groups is 1. The highest BCUT2D eigenvalue weighted by atomic mass is 16.5. The first kappa shape index (κ1) is 22.7. The van der Waals surface area contributed by atoms with Crippen molar-refractivity contribution in [2.45, 2.75) is 45.3 Å². The van der Waals surface area contributed by atoms with Crippen LogP contribution in [0.25, 0.3) is 11.0 Å². The molecule has 6 N–H and O–H groups in total. The van der Waals surface area contributed by atoms with Crippen LogP contribution in [0.2, 0.25) is 0 Å². The van der Waals surface area contributed by atoms with E-state index in [0.717, 1.165) is 10.9 Å². The van der Waals surface area contributed by atoms with E-state index < -0.39 is 29.6 Å². The SMILES string of the molecule is CCc1cc(=O)oc2cc(OC(C)C(=O)N[C@@H](CCCN=C(N)N)C(=O)O)ccc12. The van der Waals surface area contributed by atoms with Crippen LogP contribution >= 0.6 is 0 Å². The van der Waals surface area contributed by atoms with Crippen LogP contribution in [0.4, 0.5) is 0 Å². The number of carboxylic acids is 1. The minimum atomic E-state index is -1.17. The number of hydrogen-bond acceptors (Lipinski definition) is 6. The molecule has 162 valence electrons. The third-order valence-electron chi connectivity index (χ3n) is 4.42. The maximum absolute atomic E-state index is 12.4. The number of nitrogens with one attached hydrogen (secondary N) is 1. The van der Waals surface area contributed by atoms with Gasteiger partial charge in [-0.3, -0.25) is 9.79 Å². The minimum Gasteiger partial charge on any atom is -0.481 e. The van der Waals surface area contributed by atoms with Gasteiger partial charge >= 0.3 is 11.6 Å². The van der Waals surface area contributed by atoms with Gasteiger partial charge in [0.2, 0.25) is 0 Å². The lowest BCUT2D eigenvalue weighted by atomic mass is 10.1. The van der Waals surface area contributed by atoms with Crippen molar-refractivity contribution in [3.05, 3.63) is 40.2 Å². The number of guanidine groups is 1. The Labute approximate surface area is 172 Å². The minimum absolute atomic E-state index is 0.0785. The van der Waals surface area contributed by atoms with E-state index in [1.165, 1.54) is 19.1 Å². The Hall–Kier alpha value is -3.56. The third kappa shape index (κ3) is 6.23. The maximum atomic E-state index is 12.4. The standard InChI is InChI=1S/C20H26N4O6/c1-3-12-9-17(25)30-16-10-13(6-7-14(12)16)29-11(2)18(26)24-15(19(27)28)5-4-8-23-20(21)22/h6-7,9-11,15H,3-5,8H2,1-2H3,(H,24,26)(H,27,28)(H4,21,22,23)/t11?,15-/m0/s1. The molecule has 0 spiro atoms. The van der Waals surface area contributed by atoms with Crippen LogP contribution in [-0.2, 0) is 16.0 Å². The van der Waals surface area contributed by atoms with Crippen molar-refractivity contribution in [3.8, 4) is 5.75 Å². The molecule has 0 bridgehead atoms. The number of rotatable bonds is 10. The van der Waals surface area contributed by atoms with Crippen molar-refractivity contribution in [2.24, 2.45) is 16.5 Å². The van der Waals surface area contributed by atoms with E-state index in [9.17, 15) is 19.5 Å². The van der Waals surface area contributed by atoms with Crippen molar-refractivity contribution in [1.29, 1.82) is 0 Å². The van der Waals surface area contributed by atoms with Crippen LogP contribution in [0.15, 0.2) is 38.5 Å². The lowest BCUT2D eigenvalue weighted by Crippen LogP contribution is -2.46. The molecule has 2 rings (SSSR count). The van der Waals surface area contributed by atoms with E-state index in [-0.39, 0.29) is 18.9 Å². The van der Waals surface area contributed by atoms with Gasteiger partial charge in [-0.05, 0) is 43.9 Å². The molecule has 1 amide bonds. The van der Waals surface area contributed by atoms with Crippen LogP contribution in [0.3, 0.4) is 0 Å². The molecule has 30 heavy (non-hydrogen) atoms. The Kier molecular flexibility index (Phi) is 7.79. The highest BCUT2D eigenvalue weighted by Crippen LogP contribution is 2.23. The Balaban J connectivity index is 2.04. The molecule has 0 fully saturated rings. The molecule has 1 heterocycles. The number of carboxylic acid groups (broad SMARTS) is 1. The molecule has 0 aliphatic rings. The summed E-state index contributed by atoms with van der Waals surface area (Å²) in [5, 5.41) is 12.5. The summed E-state index contributed by atoms with van der Waals surface area (Å²) >= 11 is 0. The molecule has 0 aliphatic heterocycles. The Bertz CT molecular complexity index is 996. The molecule has 10 heteroatoms. The van der Waals surface area contributed by atoms with Crippen LogP contribution in [0.1, 0.15) is 32.3 Å². The first-order valence-electron chi connectivity index (χ1n) is 9.53. The van der Waals surface area contributed by atoms with E-state index in [1.807, 2.05) is 6.92 Å². The number of nitrogens with zero attached hydrogens (tertiary/aromatic N) is 1. The largest absolute Gasteiger partial charge is 0.481 e. The topological polar surface area (TPSA) is 170 Å². The highest BCUT2D eigenvalue weighted by molar-refractivity contribution is 5.86. The predicted octanol–water partition coefficient (Wildman–Crippen LogP) is 0.746. The summed E-state index contributed by atoms with van der Waals surface area (Å²) in [4.78, 5) is 39.2. The number of carbonyl (C=O) groups excluding carboxylic acids is 1. The number of nitrogens with two attached hydrogens (primary N) is 2. The van der Waals surface area contributed by atoms with Gasteiger partial charge in [0.25, 0.3) is 5.91 Å². The van der Waals surface area contributed by atoms with E-state index in [1.54, 1.807) is 12.1 Å². The van der Waals surface area contributed by atoms with Crippen LogP contribution < -0.4 is 27.1 Å². The van der Waals surface area contributed by atoms with E-state index in [4.69, 9.17) is 20.6 Å². The van der Waals surface area contributed by atoms with Gasteiger partial charge in [0, 0.05) is 24.1 Å². The third-order valence-corrected chi connectivity index (χ3v) is 4.42. The van der Waals surface area contributed by atoms with Crippen molar-refractivity contribution in [2.75, 3.05) is 6.54 Å². The zero-order valence-corrected chi connectivity index (χ0v) is 16.9. The second-order valence-electron chi connectivity index (χ2n) is 6.71. The summed E-state index contributed by atoms with van der Waals surface area (Å²) in [6, 6.07) is 5.29. The van der Waals surface area contributed by atoms with E-state index >= 15 is 0 Å². The first-order valence-corrected chi connectivity index (χ1v) is 9.53. The van der Waals surface area contributed by atoms with Gasteiger partial charge in [0.05, 0.1) is 0 Å². The molecule has 1 aromatic carbocycles. The number of aliphatic carboxylic acids is 1. The zero-order chi connectivity index (χ0) is 22.3. The lowest BCUT2D eigenvalue weighted by molar-refractivity contribution is -0.143. The van der Waals surface area contributed by atoms with Crippen molar-refractivity contribution < 1.29 is 23.8 Å². The Morgan fingerprint density at radius 3 is 2.67 bits per heavy atom. The fourth-order valence-electron chi connectivity index (χ4n) is 2.88. The number of hydrogen-bond donors (Lipinski definition) is 4. The summed E-state index contributed by atoms with van der Waals surface area (Å²) in [5.74, 6) is -1.51. The fraction of sp³-hybridized carbons (Fsp3) is 0.400. The molecule has 1 unspecified atom stereocenters. The molecule has 1 aromatic heterocycles. The molecule has 0 saturated carbocycles. The van der Waals surface area contributed by atoms with E-state index in [0.29, 0.717) is 24.2 Å². The summed E-state index contributed by atoms with van der Waals surface area (Å²) in [7, 11) is 0. The van der Waals surface area contributed by atoms with Crippen LogP contribution in [0, 0.1) is 0 Å². The number of amides is 1. The number of aryl methyl sites for hydroxylation is 1. The second kappa shape index (κ2) is 10.3. The van der Waals surface area contributed by atoms with Gasteiger partial charge in [0.1, 0.15) is 17.4 Å². The smallest absolute Gasteiger partial charge is 0.336 e. The van der Waals surface area contributed by atoms with Crippen molar-refractivity contribution in [3.63, 3.8) is 0 Å². The average molecular weight is 418 g/mol. The molecule has 2 atom stereocenters.